The monoisotopic (exact) mass is 618 g/mol. The van der Waals surface area contributed by atoms with Crippen molar-refractivity contribution in [3.05, 3.63) is 101 Å². The number of thioether (sulfide) groups is 1. The summed E-state index contributed by atoms with van der Waals surface area (Å²) >= 11 is 7.82. The molecular formula is C31H30N4O4S3. The van der Waals surface area contributed by atoms with Crippen molar-refractivity contribution < 1.29 is 19.1 Å². The van der Waals surface area contributed by atoms with Crippen LogP contribution in [0.15, 0.2) is 89.8 Å². The van der Waals surface area contributed by atoms with E-state index in [1.54, 1.807) is 32.9 Å². The van der Waals surface area contributed by atoms with Crippen molar-refractivity contribution in [3.8, 4) is 0 Å². The van der Waals surface area contributed by atoms with E-state index in [2.05, 4.69) is 21.3 Å². The van der Waals surface area contributed by atoms with Crippen LogP contribution in [0.4, 0.5) is 22.1 Å². The highest BCUT2D eigenvalue weighted by atomic mass is 32.2. The summed E-state index contributed by atoms with van der Waals surface area (Å²) in [6, 6.07) is 26.2. The summed E-state index contributed by atoms with van der Waals surface area (Å²) in [6.07, 6.45) is 0. The van der Waals surface area contributed by atoms with Crippen LogP contribution >= 0.6 is 35.3 Å². The number of thiocarbonyl (C=S) groups is 1. The average Bonchev–Trinajstić information content (AvgIpc) is 3.29. The van der Waals surface area contributed by atoms with Crippen molar-refractivity contribution in [1.82, 2.24) is 0 Å². The molecule has 0 bridgehead atoms. The van der Waals surface area contributed by atoms with E-state index in [0.717, 1.165) is 27.6 Å². The van der Waals surface area contributed by atoms with E-state index in [4.69, 9.17) is 17.0 Å². The molecule has 0 spiro atoms. The average molecular weight is 619 g/mol. The molecule has 216 valence electrons. The number of nitrogens with one attached hydrogen (secondary N) is 4. The molecule has 0 saturated carbocycles. The number of esters is 1. The van der Waals surface area contributed by atoms with E-state index < -0.39 is 11.2 Å². The van der Waals surface area contributed by atoms with Gasteiger partial charge in [0.05, 0.1) is 22.3 Å². The molecular weight excluding hydrogens is 589 g/mol. The van der Waals surface area contributed by atoms with Gasteiger partial charge in [-0.25, -0.2) is 4.79 Å². The first-order valence-corrected chi connectivity index (χ1v) is 15.2. The van der Waals surface area contributed by atoms with E-state index >= 15 is 0 Å². The number of rotatable bonds is 10. The number of amides is 2. The number of benzene rings is 3. The number of hydrogen-bond donors (Lipinski definition) is 4. The maximum absolute atomic E-state index is 13.3. The molecule has 4 aromatic rings. The van der Waals surface area contributed by atoms with Gasteiger partial charge in [-0.2, -0.15) is 0 Å². The Balaban J connectivity index is 1.45. The van der Waals surface area contributed by atoms with Crippen molar-refractivity contribution in [1.29, 1.82) is 0 Å². The summed E-state index contributed by atoms with van der Waals surface area (Å²) in [5, 5.41) is 12.2. The van der Waals surface area contributed by atoms with E-state index in [9.17, 15) is 14.4 Å². The number of hydrogen-bond acceptors (Lipinski definition) is 7. The molecule has 0 aliphatic rings. The smallest absolute Gasteiger partial charge is 0.341 e. The van der Waals surface area contributed by atoms with Crippen LogP contribution in [0.1, 0.15) is 39.4 Å². The topological polar surface area (TPSA) is 109 Å². The Bertz CT molecular complexity index is 1580. The van der Waals surface area contributed by atoms with Gasteiger partial charge >= 0.3 is 5.97 Å². The largest absolute Gasteiger partial charge is 0.462 e. The lowest BCUT2D eigenvalue weighted by atomic mass is 10.1. The Kier molecular flexibility index (Phi) is 10.7. The maximum atomic E-state index is 13.3. The van der Waals surface area contributed by atoms with Crippen molar-refractivity contribution in [2.75, 3.05) is 27.9 Å². The number of ether oxygens (including phenoxy) is 1. The van der Waals surface area contributed by atoms with Gasteiger partial charge in [-0.05, 0) is 81.0 Å². The van der Waals surface area contributed by atoms with Crippen LogP contribution in [0.25, 0.3) is 0 Å². The first kappa shape index (κ1) is 30.8. The van der Waals surface area contributed by atoms with Crippen LogP contribution in [0.2, 0.25) is 0 Å². The lowest BCUT2D eigenvalue weighted by molar-refractivity contribution is -0.115. The molecule has 0 radical (unpaired) electrons. The van der Waals surface area contributed by atoms with Crippen molar-refractivity contribution in [2.45, 2.75) is 30.9 Å². The van der Waals surface area contributed by atoms with Gasteiger partial charge in [0.25, 0.3) is 5.91 Å². The van der Waals surface area contributed by atoms with Crippen molar-refractivity contribution >= 4 is 80.3 Å². The second-order valence-electron chi connectivity index (χ2n) is 9.02. The molecule has 0 aliphatic heterocycles. The first-order chi connectivity index (χ1) is 20.2. The third-order valence-corrected chi connectivity index (χ3v) is 8.41. The van der Waals surface area contributed by atoms with Crippen LogP contribution < -0.4 is 21.3 Å². The normalized spacial score (nSPS) is 11.2. The van der Waals surface area contributed by atoms with Gasteiger partial charge < -0.3 is 26.0 Å². The zero-order chi connectivity index (χ0) is 30.1. The molecule has 11 heteroatoms. The maximum Gasteiger partial charge on any atom is 0.341 e. The Morgan fingerprint density at radius 2 is 1.45 bits per heavy atom. The zero-order valence-corrected chi connectivity index (χ0v) is 25.7. The Hall–Kier alpha value is -4.19. The van der Waals surface area contributed by atoms with Crippen LogP contribution in [0.5, 0.6) is 0 Å². The quantitative estimate of drug-likeness (QED) is 0.0827. The summed E-state index contributed by atoms with van der Waals surface area (Å²) in [5.41, 5.74) is 2.89. The van der Waals surface area contributed by atoms with Crippen molar-refractivity contribution in [2.24, 2.45) is 0 Å². The molecule has 0 fully saturated rings. The summed E-state index contributed by atoms with van der Waals surface area (Å²) in [5.74, 6) is -1.29. The minimum Gasteiger partial charge on any atom is -0.462 e. The minimum atomic E-state index is -0.598. The highest BCUT2D eigenvalue weighted by molar-refractivity contribution is 8.00. The van der Waals surface area contributed by atoms with Crippen LogP contribution in [-0.2, 0) is 9.53 Å². The predicted molar refractivity (Wildman–Crippen MR) is 176 cm³/mol. The van der Waals surface area contributed by atoms with Gasteiger partial charge in [0.15, 0.2) is 5.11 Å². The number of para-hydroxylation sites is 2. The Labute approximate surface area is 258 Å². The molecule has 1 heterocycles. The fourth-order valence-electron chi connectivity index (χ4n) is 3.91. The Morgan fingerprint density at radius 1 is 0.857 bits per heavy atom. The van der Waals surface area contributed by atoms with Gasteiger partial charge in [-0.15, -0.1) is 23.1 Å². The molecule has 42 heavy (non-hydrogen) atoms. The standard InChI is InChI=1S/C31H30N4O4S3/c1-4-39-30(38)25-19(2)26(28(37)32-21-12-7-5-8-13-21)42-29(25)35-27(36)20(3)41-24-17-11-16-23(18-24)34-31(40)33-22-14-9-6-10-15-22/h5-18,20H,4H2,1-3H3,(H,32,37)(H,35,36)(H2,33,34,40). The lowest BCUT2D eigenvalue weighted by Crippen LogP contribution is -2.23. The second-order valence-corrected chi connectivity index (χ2v) is 11.9. The highest BCUT2D eigenvalue weighted by Gasteiger charge is 2.28. The third kappa shape index (κ3) is 8.19. The number of anilines is 4. The van der Waals surface area contributed by atoms with E-state index in [0.29, 0.717) is 21.2 Å². The first-order valence-electron chi connectivity index (χ1n) is 13.1. The Morgan fingerprint density at radius 3 is 2.10 bits per heavy atom. The molecule has 4 rings (SSSR count). The lowest BCUT2D eigenvalue weighted by Gasteiger charge is -2.14. The molecule has 0 aliphatic carbocycles. The molecule has 8 nitrogen and oxygen atoms in total. The molecule has 1 atom stereocenters. The minimum absolute atomic E-state index is 0.161. The summed E-state index contributed by atoms with van der Waals surface area (Å²) in [4.78, 5) is 40.3. The molecule has 2 amide bonds. The van der Waals surface area contributed by atoms with E-state index in [1.165, 1.54) is 11.8 Å². The second kappa shape index (κ2) is 14.6. The van der Waals surface area contributed by atoms with Gasteiger partial charge in [-0.1, -0.05) is 42.5 Å². The molecule has 3 aromatic carbocycles. The predicted octanol–water partition coefficient (Wildman–Crippen LogP) is 7.41. The molecule has 1 aromatic heterocycles. The summed E-state index contributed by atoms with van der Waals surface area (Å²) < 4.78 is 5.24. The number of carbonyl (C=O) groups is 3. The fourth-order valence-corrected chi connectivity index (χ4v) is 6.16. The summed E-state index contributed by atoms with van der Waals surface area (Å²) in [7, 11) is 0. The van der Waals surface area contributed by atoms with Gasteiger partial charge in [0.1, 0.15) is 5.00 Å². The van der Waals surface area contributed by atoms with Crippen LogP contribution in [-0.4, -0.2) is 34.8 Å². The number of carbonyl (C=O) groups excluding carboxylic acids is 3. The van der Waals surface area contributed by atoms with E-state index in [1.807, 2.05) is 72.8 Å². The third-order valence-electron chi connectivity index (χ3n) is 5.91. The molecule has 1 unspecified atom stereocenters. The van der Waals surface area contributed by atoms with Gasteiger partial charge in [0.2, 0.25) is 5.91 Å². The number of thiophene rings is 1. The van der Waals surface area contributed by atoms with E-state index in [-0.39, 0.29) is 29.0 Å². The highest BCUT2D eigenvalue weighted by Crippen LogP contribution is 2.35. The molecule has 4 N–H and O–H groups in total. The zero-order valence-electron chi connectivity index (χ0n) is 23.2. The van der Waals surface area contributed by atoms with Crippen LogP contribution in [0.3, 0.4) is 0 Å². The molecule has 0 saturated heterocycles. The van der Waals surface area contributed by atoms with Gasteiger partial charge in [-0.3, -0.25) is 9.59 Å². The fraction of sp³-hybridized carbons (Fsp3) is 0.161. The SMILES string of the molecule is CCOC(=O)c1c(NC(=O)C(C)Sc2cccc(NC(=S)Nc3ccccc3)c2)sc(C(=O)Nc2ccccc2)c1C. The summed E-state index contributed by atoms with van der Waals surface area (Å²) in [6.45, 7) is 5.31. The van der Waals surface area contributed by atoms with Crippen LogP contribution in [0, 0.1) is 6.92 Å². The van der Waals surface area contributed by atoms with Crippen molar-refractivity contribution in [3.63, 3.8) is 0 Å². The van der Waals surface area contributed by atoms with Gasteiger partial charge in [0, 0.05) is 22.0 Å².